The fourth-order valence-electron chi connectivity index (χ4n) is 1.65. The molecular formula is C11H14BrCl2NO3S. The minimum atomic E-state index is -3.85. The lowest BCUT2D eigenvalue weighted by molar-refractivity contribution is 0.236. The first-order valence-corrected chi connectivity index (χ1v) is 8.48. The molecule has 0 heterocycles. The van der Waals surface area contributed by atoms with E-state index < -0.39 is 10.0 Å². The third-order valence-electron chi connectivity index (χ3n) is 2.43. The van der Waals surface area contributed by atoms with Crippen LogP contribution in [0.25, 0.3) is 0 Å². The molecular weight excluding hydrogens is 377 g/mol. The van der Waals surface area contributed by atoms with Crippen molar-refractivity contribution in [3.8, 4) is 0 Å². The van der Waals surface area contributed by atoms with E-state index in [4.69, 9.17) is 28.3 Å². The number of nitrogens with zero attached hydrogens (tertiary/aromatic N) is 1. The molecule has 0 aliphatic heterocycles. The maximum absolute atomic E-state index is 12.5. The third-order valence-corrected chi connectivity index (χ3v) is 5.88. The summed E-state index contributed by atoms with van der Waals surface area (Å²) in [6.45, 7) is 3.15. The zero-order valence-corrected chi connectivity index (χ0v) is 14.3. The van der Waals surface area contributed by atoms with Crippen LogP contribution in [0, 0.1) is 0 Å². The Morgan fingerprint density at radius 3 is 2.16 bits per heavy atom. The minimum Gasteiger partial charge on any atom is -0.395 e. The molecule has 0 amide bonds. The highest BCUT2D eigenvalue weighted by Gasteiger charge is 2.31. The Balaban J connectivity index is 3.42. The molecule has 8 heteroatoms. The van der Waals surface area contributed by atoms with Gasteiger partial charge in [0.2, 0.25) is 10.0 Å². The second kappa shape index (κ2) is 6.74. The van der Waals surface area contributed by atoms with Crippen molar-refractivity contribution in [3.05, 3.63) is 26.7 Å². The van der Waals surface area contributed by atoms with E-state index in [0.29, 0.717) is 4.47 Å². The molecule has 0 unspecified atom stereocenters. The highest BCUT2D eigenvalue weighted by atomic mass is 79.9. The number of hydrogen-bond donors (Lipinski definition) is 1. The number of benzene rings is 1. The van der Waals surface area contributed by atoms with Gasteiger partial charge in [-0.15, -0.1) is 0 Å². The van der Waals surface area contributed by atoms with Crippen LogP contribution in [0.5, 0.6) is 0 Å². The average Bonchev–Trinajstić information content (AvgIpc) is 2.22. The second-order valence-corrected chi connectivity index (χ2v) is 7.69. The van der Waals surface area contributed by atoms with Gasteiger partial charge in [-0.25, -0.2) is 8.42 Å². The average molecular weight is 391 g/mol. The fraction of sp³-hybridized carbons (Fsp3) is 0.455. The molecule has 0 bridgehead atoms. The normalized spacial score (nSPS) is 12.4. The van der Waals surface area contributed by atoms with Crippen molar-refractivity contribution in [1.82, 2.24) is 4.31 Å². The number of aliphatic hydroxyl groups is 1. The van der Waals surface area contributed by atoms with Crippen molar-refractivity contribution in [1.29, 1.82) is 0 Å². The quantitative estimate of drug-likeness (QED) is 0.839. The highest BCUT2D eigenvalue weighted by molar-refractivity contribution is 9.10. The Labute approximate surface area is 131 Å². The summed E-state index contributed by atoms with van der Waals surface area (Å²) in [5.74, 6) is 0. The van der Waals surface area contributed by atoms with E-state index >= 15 is 0 Å². The van der Waals surface area contributed by atoms with E-state index in [0.717, 1.165) is 4.31 Å². The first-order valence-electron chi connectivity index (χ1n) is 5.49. The van der Waals surface area contributed by atoms with Crippen LogP contribution in [-0.4, -0.2) is 37.0 Å². The molecule has 4 nitrogen and oxygen atoms in total. The van der Waals surface area contributed by atoms with E-state index in [1.54, 1.807) is 13.8 Å². The van der Waals surface area contributed by atoms with Crippen molar-refractivity contribution in [2.24, 2.45) is 0 Å². The molecule has 0 saturated carbocycles. The molecule has 0 saturated heterocycles. The molecule has 0 fully saturated rings. The van der Waals surface area contributed by atoms with E-state index in [2.05, 4.69) is 15.9 Å². The summed E-state index contributed by atoms with van der Waals surface area (Å²) in [5.41, 5.74) is 0. The maximum atomic E-state index is 12.5. The molecule has 19 heavy (non-hydrogen) atoms. The van der Waals surface area contributed by atoms with Crippen molar-refractivity contribution < 1.29 is 13.5 Å². The Bertz CT molecular complexity index is 540. The Hall–Kier alpha value is 0.150. The van der Waals surface area contributed by atoms with Crippen LogP contribution in [0.2, 0.25) is 10.0 Å². The number of sulfonamides is 1. The van der Waals surface area contributed by atoms with Crippen LogP contribution in [0.4, 0.5) is 0 Å². The van der Waals surface area contributed by atoms with Gasteiger partial charge >= 0.3 is 0 Å². The van der Waals surface area contributed by atoms with Crippen molar-refractivity contribution in [2.75, 3.05) is 13.2 Å². The summed E-state index contributed by atoms with van der Waals surface area (Å²) in [6.07, 6.45) is 0. The molecule has 1 aromatic carbocycles. The molecule has 108 valence electrons. The SMILES string of the molecule is CC(C)N(CCO)S(=O)(=O)c1c(Cl)cc(Br)cc1Cl. The lowest BCUT2D eigenvalue weighted by Gasteiger charge is -2.26. The summed E-state index contributed by atoms with van der Waals surface area (Å²) < 4.78 is 26.9. The van der Waals surface area contributed by atoms with Crippen LogP contribution in [-0.2, 0) is 10.0 Å². The van der Waals surface area contributed by atoms with E-state index in [1.807, 2.05) is 0 Å². The highest BCUT2D eigenvalue weighted by Crippen LogP contribution is 2.35. The molecule has 0 aliphatic carbocycles. The fourth-order valence-corrected chi connectivity index (χ4v) is 5.16. The molecule has 0 atom stereocenters. The summed E-state index contributed by atoms with van der Waals surface area (Å²) in [7, 11) is -3.85. The smallest absolute Gasteiger partial charge is 0.246 e. The predicted octanol–water partition coefficient (Wildman–Crippen LogP) is 3.15. The van der Waals surface area contributed by atoms with E-state index in [1.165, 1.54) is 12.1 Å². The summed E-state index contributed by atoms with van der Waals surface area (Å²) in [5, 5.41) is 9.09. The van der Waals surface area contributed by atoms with Gasteiger partial charge in [0.15, 0.2) is 0 Å². The number of hydrogen-bond acceptors (Lipinski definition) is 3. The minimum absolute atomic E-state index is 0.0112. The summed E-state index contributed by atoms with van der Waals surface area (Å²) in [4.78, 5) is -0.138. The van der Waals surface area contributed by atoms with Crippen molar-refractivity contribution in [3.63, 3.8) is 0 Å². The zero-order chi connectivity index (χ0) is 14.8. The van der Waals surface area contributed by atoms with Crippen LogP contribution >= 0.6 is 39.1 Å². The van der Waals surface area contributed by atoms with Gasteiger partial charge in [-0.3, -0.25) is 0 Å². The second-order valence-electron chi connectivity index (χ2n) is 4.13. The van der Waals surface area contributed by atoms with Gasteiger partial charge in [0.1, 0.15) is 4.90 Å². The van der Waals surface area contributed by atoms with Crippen LogP contribution in [0.3, 0.4) is 0 Å². The van der Waals surface area contributed by atoms with Crippen LogP contribution in [0.1, 0.15) is 13.8 Å². The largest absolute Gasteiger partial charge is 0.395 e. The molecule has 0 aliphatic rings. The summed E-state index contributed by atoms with van der Waals surface area (Å²) >= 11 is 15.2. The predicted molar refractivity (Wildman–Crippen MR) is 80.3 cm³/mol. The molecule has 0 radical (unpaired) electrons. The third kappa shape index (κ3) is 3.83. The van der Waals surface area contributed by atoms with Gasteiger partial charge in [0.05, 0.1) is 16.7 Å². The molecule has 0 aromatic heterocycles. The van der Waals surface area contributed by atoms with Gasteiger partial charge < -0.3 is 5.11 Å². The van der Waals surface area contributed by atoms with Crippen LogP contribution in [0.15, 0.2) is 21.5 Å². The van der Waals surface area contributed by atoms with E-state index in [9.17, 15) is 8.42 Å². The van der Waals surface area contributed by atoms with Crippen molar-refractivity contribution in [2.45, 2.75) is 24.8 Å². The number of halogens is 3. The van der Waals surface area contributed by atoms with Gasteiger partial charge in [-0.05, 0) is 26.0 Å². The van der Waals surface area contributed by atoms with E-state index in [-0.39, 0.29) is 34.1 Å². The lowest BCUT2D eigenvalue weighted by atomic mass is 10.4. The van der Waals surface area contributed by atoms with Crippen molar-refractivity contribution >= 4 is 49.2 Å². The molecule has 1 N–H and O–H groups in total. The molecule has 1 aromatic rings. The maximum Gasteiger partial charge on any atom is 0.246 e. The first-order chi connectivity index (χ1) is 8.71. The molecule has 0 spiro atoms. The lowest BCUT2D eigenvalue weighted by Crippen LogP contribution is -2.39. The Morgan fingerprint density at radius 2 is 1.79 bits per heavy atom. The summed E-state index contributed by atoms with van der Waals surface area (Å²) in [6, 6.07) is 2.63. The molecule has 1 rings (SSSR count). The van der Waals surface area contributed by atoms with Gasteiger partial charge in [0, 0.05) is 17.1 Å². The topological polar surface area (TPSA) is 57.6 Å². The zero-order valence-electron chi connectivity index (χ0n) is 10.4. The number of rotatable bonds is 5. The number of aliphatic hydroxyl groups excluding tert-OH is 1. The Morgan fingerprint density at radius 1 is 1.32 bits per heavy atom. The first kappa shape index (κ1) is 17.2. The van der Waals surface area contributed by atoms with Crippen LogP contribution < -0.4 is 0 Å². The van der Waals surface area contributed by atoms with Gasteiger partial charge in [-0.2, -0.15) is 4.31 Å². The van der Waals surface area contributed by atoms with Gasteiger partial charge in [-0.1, -0.05) is 39.1 Å². The monoisotopic (exact) mass is 389 g/mol. The van der Waals surface area contributed by atoms with Gasteiger partial charge in [0.25, 0.3) is 0 Å². The standard InChI is InChI=1S/C11H14BrCl2NO3S/c1-7(2)15(3-4-16)19(17,18)11-9(13)5-8(12)6-10(11)14/h5-7,16H,3-4H2,1-2H3. The Kier molecular flexibility index (Phi) is 6.10.